The number of carbonyl (C=O) groups excluding carboxylic acids is 3. The van der Waals surface area contributed by atoms with Crippen LogP contribution in [0.2, 0.25) is 0 Å². The van der Waals surface area contributed by atoms with Crippen molar-refractivity contribution in [1.82, 2.24) is 4.90 Å². The molecule has 7 heteroatoms. The van der Waals surface area contributed by atoms with Gasteiger partial charge in [0.15, 0.2) is 11.4 Å². The van der Waals surface area contributed by atoms with Gasteiger partial charge < -0.3 is 9.64 Å². The van der Waals surface area contributed by atoms with Crippen LogP contribution in [0.1, 0.15) is 59.7 Å². The topological polar surface area (TPSA) is 63.7 Å². The van der Waals surface area contributed by atoms with Crippen LogP contribution in [0.25, 0.3) is 0 Å². The molecule has 2 aromatic carbocycles. The first-order chi connectivity index (χ1) is 15.3. The molecule has 1 heterocycles. The highest BCUT2D eigenvalue weighted by molar-refractivity contribution is 6.03. The number of rotatable bonds is 9. The predicted octanol–water partition coefficient (Wildman–Crippen LogP) is 4.60. The molecule has 1 aliphatic heterocycles. The molecule has 0 bridgehead atoms. The zero-order valence-corrected chi connectivity index (χ0v) is 18.1. The highest BCUT2D eigenvalue weighted by Gasteiger charge is 2.45. The first-order valence-corrected chi connectivity index (χ1v) is 10.9. The van der Waals surface area contributed by atoms with E-state index < -0.39 is 17.4 Å². The summed E-state index contributed by atoms with van der Waals surface area (Å²) in [7, 11) is 0. The Labute approximate surface area is 186 Å². The number of nitrogens with zero attached hydrogens (tertiary/aromatic N) is 1. The molecule has 1 fully saturated rings. The lowest BCUT2D eigenvalue weighted by Gasteiger charge is -2.40. The third kappa shape index (κ3) is 5.85. The molecule has 3 rings (SSSR count). The molecule has 1 saturated heterocycles. The van der Waals surface area contributed by atoms with E-state index in [2.05, 4.69) is 4.90 Å². The number of esters is 1. The molecule has 0 aromatic heterocycles. The maximum Gasteiger partial charge on any atom is 0.306 e. The number of benzene rings is 2. The quantitative estimate of drug-likeness (QED) is 0.419. The number of likely N-dealkylation sites (tertiary alicyclic amines) is 1. The number of ketones is 2. The fraction of sp³-hybridized carbons (Fsp3) is 0.400. The average Bonchev–Trinajstić information content (AvgIpc) is 2.80. The smallest absolute Gasteiger partial charge is 0.306 e. The zero-order valence-electron chi connectivity index (χ0n) is 18.1. The zero-order chi connectivity index (χ0) is 23.1. The van der Waals surface area contributed by atoms with Crippen molar-refractivity contribution in [3.8, 4) is 0 Å². The Morgan fingerprint density at radius 1 is 0.906 bits per heavy atom. The minimum Gasteiger partial charge on any atom is -0.451 e. The third-order valence-corrected chi connectivity index (χ3v) is 5.83. The lowest BCUT2D eigenvalue weighted by Crippen LogP contribution is -2.52. The molecule has 1 aliphatic rings. The molecule has 0 unspecified atom stereocenters. The third-order valence-electron chi connectivity index (χ3n) is 5.83. The molecule has 0 saturated carbocycles. The van der Waals surface area contributed by atoms with Gasteiger partial charge in [-0.2, -0.15) is 0 Å². The summed E-state index contributed by atoms with van der Waals surface area (Å²) in [6.45, 7) is 3.41. The summed E-state index contributed by atoms with van der Waals surface area (Å²) in [6.07, 6.45) is 1.80. The normalized spacial score (nSPS) is 15.8. The van der Waals surface area contributed by atoms with E-state index in [9.17, 15) is 23.2 Å². The van der Waals surface area contributed by atoms with E-state index in [1.165, 1.54) is 48.5 Å². The van der Waals surface area contributed by atoms with Crippen LogP contribution in [0.15, 0.2) is 48.5 Å². The second-order valence-electron chi connectivity index (χ2n) is 8.03. The van der Waals surface area contributed by atoms with Gasteiger partial charge in [0.2, 0.25) is 5.78 Å². The Morgan fingerprint density at radius 3 is 1.97 bits per heavy atom. The Balaban J connectivity index is 1.58. The number of ether oxygens (including phenoxy) is 1. The van der Waals surface area contributed by atoms with Crippen molar-refractivity contribution in [2.24, 2.45) is 0 Å². The number of hydrogen-bond donors (Lipinski definition) is 0. The van der Waals surface area contributed by atoms with Gasteiger partial charge in [-0.15, -0.1) is 0 Å². The summed E-state index contributed by atoms with van der Waals surface area (Å²) in [5.41, 5.74) is -0.459. The van der Waals surface area contributed by atoms with Gasteiger partial charge in [-0.25, -0.2) is 8.78 Å². The molecule has 2 aromatic rings. The van der Waals surface area contributed by atoms with Gasteiger partial charge in [0.1, 0.15) is 11.6 Å². The van der Waals surface area contributed by atoms with Gasteiger partial charge in [0.05, 0.1) is 0 Å². The van der Waals surface area contributed by atoms with Crippen molar-refractivity contribution in [1.29, 1.82) is 0 Å². The molecule has 0 atom stereocenters. The van der Waals surface area contributed by atoms with Crippen LogP contribution in [0.5, 0.6) is 0 Å². The fourth-order valence-electron chi connectivity index (χ4n) is 3.91. The number of hydrogen-bond acceptors (Lipinski definition) is 5. The average molecular weight is 443 g/mol. The van der Waals surface area contributed by atoms with Gasteiger partial charge >= 0.3 is 5.97 Å². The SMILES string of the molecule is CCC(=O)OC1(C(=O)c2ccc(F)cc2)CCN(CCCC(=O)c2ccc(F)cc2)CC1. The largest absolute Gasteiger partial charge is 0.451 e. The molecular formula is C25H27F2NO4. The van der Waals surface area contributed by atoms with Crippen LogP contribution < -0.4 is 0 Å². The van der Waals surface area contributed by atoms with Gasteiger partial charge in [0, 0.05) is 49.9 Å². The van der Waals surface area contributed by atoms with Crippen molar-refractivity contribution >= 4 is 17.5 Å². The van der Waals surface area contributed by atoms with Gasteiger partial charge in [-0.1, -0.05) is 6.92 Å². The van der Waals surface area contributed by atoms with E-state index in [0.29, 0.717) is 56.4 Å². The van der Waals surface area contributed by atoms with Crippen LogP contribution in [0, 0.1) is 11.6 Å². The van der Waals surface area contributed by atoms with Crippen molar-refractivity contribution < 1.29 is 27.9 Å². The van der Waals surface area contributed by atoms with Crippen LogP contribution in [0.4, 0.5) is 8.78 Å². The van der Waals surface area contributed by atoms with Crippen molar-refractivity contribution in [2.75, 3.05) is 19.6 Å². The first kappa shape index (κ1) is 23.7. The second kappa shape index (κ2) is 10.6. The van der Waals surface area contributed by atoms with E-state index in [4.69, 9.17) is 4.74 Å². The minimum absolute atomic E-state index is 0.0419. The summed E-state index contributed by atoms with van der Waals surface area (Å²) >= 11 is 0. The Bertz CT molecular complexity index is 949. The standard InChI is InChI=1S/C25H27F2NO4/c1-2-23(30)32-25(24(31)19-7-11-21(27)12-8-19)13-16-28(17-14-25)15-3-4-22(29)18-5-9-20(26)10-6-18/h5-12H,2-4,13-17H2,1H3. The molecule has 5 nitrogen and oxygen atoms in total. The van der Waals surface area contributed by atoms with Crippen molar-refractivity contribution in [3.63, 3.8) is 0 Å². The van der Waals surface area contributed by atoms with E-state index in [1.54, 1.807) is 6.92 Å². The summed E-state index contributed by atoms with van der Waals surface area (Å²) in [5.74, 6) is -1.62. The molecule has 0 aliphatic carbocycles. The van der Waals surface area contributed by atoms with Crippen LogP contribution in [-0.4, -0.2) is 47.7 Å². The first-order valence-electron chi connectivity index (χ1n) is 10.9. The van der Waals surface area contributed by atoms with Crippen molar-refractivity contribution in [3.05, 3.63) is 71.3 Å². The fourth-order valence-corrected chi connectivity index (χ4v) is 3.91. The van der Waals surface area contributed by atoms with Crippen LogP contribution in [0.3, 0.4) is 0 Å². The maximum atomic E-state index is 13.3. The molecule has 0 amide bonds. The van der Waals surface area contributed by atoms with E-state index >= 15 is 0 Å². The lowest BCUT2D eigenvalue weighted by atomic mass is 9.83. The maximum absolute atomic E-state index is 13.3. The highest BCUT2D eigenvalue weighted by Crippen LogP contribution is 2.31. The highest BCUT2D eigenvalue weighted by atomic mass is 19.1. The molecule has 0 radical (unpaired) electrons. The van der Waals surface area contributed by atoms with E-state index in [1.807, 2.05) is 0 Å². The molecule has 0 N–H and O–H groups in total. The number of halogens is 2. The summed E-state index contributed by atoms with van der Waals surface area (Å²) in [6, 6.07) is 10.8. The van der Waals surface area contributed by atoms with Gasteiger partial charge in [-0.3, -0.25) is 14.4 Å². The summed E-state index contributed by atoms with van der Waals surface area (Å²) in [5, 5.41) is 0. The van der Waals surface area contributed by atoms with Gasteiger partial charge in [0.25, 0.3) is 0 Å². The lowest BCUT2D eigenvalue weighted by molar-refractivity contribution is -0.158. The molecule has 170 valence electrons. The minimum atomic E-state index is -1.26. The van der Waals surface area contributed by atoms with E-state index in [0.717, 1.165) is 0 Å². The van der Waals surface area contributed by atoms with Gasteiger partial charge in [-0.05, 0) is 61.5 Å². The summed E-state index contributed by atoms with van der Waals surface area (Å²) in [4.78, 5) is 39.6. The predicted molar refractivity (Wildman–Crippen MR) is 115 cm³/mol. The van der Waals surface area contributed by atoms with Crippen molar-refractivity contribution in [2.45, 2.75) is 44.6 Å². The van der Waals surface area contributed by atoms with E-state index in [-0.39, 0.29) is 23.8 Å². The van der Waals surface area contributed by atoms with Crippen LogP contribution in [-0.2, 0) is 9.53 Å². The second-order valence-corrected chi connectivity index (χ2v) is 8.03. The molecular weight excluding hydrogens is 416 g/mol. The molecule has 0 spiro atoms. The molecule has 32 heavy (non-hydrogen) atoms. The monoisotopic (exact) mass is 443 g/mol. The Morgan fingerprint density at radius 2 is 1.44 bits per heavy atom. The number of carbonyl (C=O) groups is 3. The Hall–Kier alpha value is -2.93. The van der Waals surface area contributed by atoms with Crippen LogP contribution >= 0.6 is 0 Å². The number of piperidine rings is 1. The number of Topliss-reactive ketones (excluding diaryl/α,β-unsaturated/α-hetero) is 2. The Kier molecular flexibility index (Phi) is 7.85. The summed E-state index contributed by atoms with van der Waals surface area (Å²) < 4.78 is 31.9.